The zero-order valence-corrected chi connectivity index (χ0v) is 46.3. The molecule has 0 aliphatic heterocycles. The van der Waals surface area contributed by atoms with Gasteiger partial charge in [-0.05, 0) is 56.5 Å². The minimum Gasteiger partial charge on any atom is -0.459 e. The number of benzene rings is 7. The molecule has 7 aromatic rings. The second kappa shape index (κ2) is 28.4. The summed E-state index contributed by atoms with van der Waals surface area (Å²) in [5, 5.41) is 12.2. The topological polar surface area (TPSA) is 311 Å². The number of rotatable bonds is 27. The lowest BCUT2D eigenvalue weighted by Gasteiger charge is -2.41. The van der Waals surface area contributed by atoms with Gasteiger partial charge in [-0.2, -0.15) is 0 Å². The molecule has 0 fully saturated rings. The third kappa shape index (κ3) is 15.8. The van der Waals surface area contributed by atoms with Crippen molar-refractivity contribution in [3.05, 3.63) is 228 Å². The lowest BCUT2D eigenvalue weighted by atomic mass is 9.81. The van der Waals surface area contributed by atoms with Crippen molar-refractivity contribution >= 4 is 58.9 Å². The Balaban J connectivity index is 0.0000108. The minimum absolute atomic E-state index is 0. The third-order valence-corrected chi connectivity index (χ3v) is 14.1. The molecule has 0 aromatic heterocycles. The van der Waals surface area contributed by atoms with Gasteiger partial charge in [0.25, 0.3) is 6.04 Å². The number of nitrogens with one attached hydrogen (secondary N) is 1. The van der Waals surface area contributed by atoms with E-state index in [2.05, 4.69) is 5.48 Å². The molecular weight excluding hydrogens is 1070 g/mol. The fraction of sp³-hybridized carbons (Fsp3) is 0.270. The Morgan fingerprint density at radius 3 is 1.52 bits per heavy atom. The van der Waals surface area contributed by atoms with Gasteiger partial charge in [0.2, 0.25) is 5.91 Å². The summed E-state index contributed by atoms with van der Waals surface area (Å²) in [5.74, 6) is -14.3. The lowest BCUT2D eigenvalue weighted by Crippen LogP contribution is -2.69. The molecule has 7 rings (SSSR count). The van der Waals surface area contributed by atoms with Crippen LogP contribution >= 0.6 is 12.4 Å². The fourth-order valence-corrected chi connectivity index (χ4v) is 9.31. The zero-order chi connectivity index (χ0) is 58.2. The highest BCUT2D eigenvalue weighted by Crippen LogP contribution is 2.36. The van der Waals surface area contributed by atoms with Gasteiger partial charge >= 0.3 is 35.8 Å². The van der Waals surface area contributed by atoms with E-state index < -0.39 is 108 Å². The van der Waals surface area contributed by atoms with Crippen molar-refractivity contribution in [2.24, 2.45) is 34.6 Å². The number of aliphatic hydroxyl groups is 1. The van der Waals surface area contributed by atoms with Crippen molar-refractivity contribution in [3.8, 4) is 0 Å². The monoisotopic (exact) mass is 1140 g/mol. The smallest absolute Gasteiger partial charge is 0.454 e. The Morgan fingerprint density at radius 2 is 1.00 bits per heavy atom. The number of ether oxygens (including phenoxy) is 4. The van der Waals surface area contributed by atoms with Crippen LogP contribution in [0.3, 0.4) is 0 Å². The number of carbonyl (C=O) groups is 6. The summed E-state index contributed by atoms with van der Waals surface area (Å²) >= 11 is 0. The van der Waals surface area contributed by atoms with Crippen molar-refractivity contribution in [2.45, 2.75) is 93.1 Å². The fourth-order valence-electron chi connectivity index (χ4n) is 9.31. The van der Waals surface area contributed by atoms with Crippen LogP contribution in [-0.4, -0.2) is 82.1 Å². The van der Waals surface area contributed by atoms with Crippen LogP contribution in [0.4, 0.5) is 0 Å². The number of esters is 4. The number of carbonyl (C=O) groups excluding carboxylic acids is 6. The molecule has 7 unspecified atom stereocenters. The maximum atomic E-state index is 15.7. The molecular formula is C63H69ClN6O12. The molecule has 18 nitrogen and oxygen atoms in total. The van der Waals surface area contributed by atoms with Crippen LogP contribution in [0.2, 0.25) is 0 Å². The molecule has 0 saturated carbocycles. The van der Waals surface area contributed by atoms with Gasteiger partial charge < -0.3 is 57.6 Å². The van der Waals surface area contributed by atoms with Gasteiger partial charge in [-0.15, -0.1) is 17.9 Å². The predicted octanol–water partition coefficient (Wildman–Crippen LogP) is 5.70. The average molecular weight is 1140 g/mol. The molecule has 430 valence electrons. The second-order valence-electron chi connectivity index (χ2n) is 20.5. The van der Waals surface area contributed by atoms with Crippen LogP contribution in [0, 0.1) is 5.92 Å². The Bertz CT molecular complexity index is 3250. The Morgan fingerprint density at radius 1 is 0.537 bits per heavy atom. The van der Waals surface area contributed by atoms with Crippen LogP contribution in [0.15, 0.2) is 194 Å². The van der Waals surface area contributed by atoms with E-state index in [4.69, 9.17) is 52.5 Å². The largest absolute Gasteiger partial charge is 0.459 e. The maximum absolute atomic E-state index is 15.7. The molecule has 0 radical (unpaired) electrons. The first kappa shape index (κ1) is 62.9. The molecule has 0 spiro atoms. The SMILES string of the molecule is CC(C)C(N)(Cc1ccccc1)C(=O)OC(OC(=O)C(N)C(Cc1ccccc1)c1cccc2ccccc12)(OC(=O)C(N)(CC(N)=O)Cc1ccccc1)C(NOC(=O)C(N)(CO)Cc1ccccc1)C(=O)OCc1ccccc1.Cl. The van der Waals surface area contributed by atoms with Gasteiger partial charge in [0.05, 0.1) is 13.0 Å². The molecule has 19 heteroatoms. The summed E-state index contributed by atoms with van der Waals surface area (Å²) < 4.78 is 24.7. The third-order valence-electron chi connectivity index (χ3n) is 14.1. The second-order valence-corrected chi connectivity index (χ2v) is 20.5. The average Bonchev–Trinajstić information content (AvgIpc) is 2.70. The number of fused-ring (bicyclic) bond motifs is 1. The van der Waals surface area contributed by atoms with E-state index in [0.29, 0.717) is 33.2 Å². The van der Waals surface area contributed by atoms with Gasteiger partial charge in [-0.25, -0.2) is 19.2 Å². The number of hydrogen-bond donors (Lipinski definition) is 7. The standard InChI is InChI=1S/C63H68N6O12.ClH/c1-42(2)62(68,38-46-27-14-6-15-28-46)59(76)80-63(79-57(74)60(66,39-52(64)71)36-44-23-10-4-11-24-44,78-55(72)53(65)51(35-43-21-8-3-9-22-43)50-34-20-32-48-31-18-19-33-49(48)50)54(56(73)77-40-47-29-16-7-17-30-47)69-81-58(75)61(67,41-70)37-45-25-12-5-13-26-45;/h3-34,42,51,53-54,69-70H,35-41,65-68H2,1-2H3,(H2,64,71);1H. The van der Waals surface area contributed by atoms with E-state index >= 15 is 19.2 Å². The van der Waals surface area contributed by atoms with Gasteiger partial charge in [-0.3, -0.25) is 9.59 Å². The molecule has 7 aromatic carbocycles. The minimum atomic E-state index is -3.86. The highest BCUT2D eigenvalue weighted by molar-refractivity contribution is 5.91. The normalized spacial score (nSPS) is 15.3. The molecule has 82 heavy (non-hydrogen) atoms. The molecule has 0 bridgehead atoms. The highest BCUT2D eigenvalue weighted by Gasteiger charge is 2.62. The van der Waals surface area contributed by atoms with Gasteiger partial charge in [0.15, 0.2) is 0 Å². The Hall–Kier alpha value is -8.33. The molecule has 1 amide bonds. The first-order valence-electron chi connectivity index (χ1n) is 26.3. The van der Waals surface area contributed by atoms with Crippen LogP contribution in [0.1, 0.15) is 59.6 Å². The Kier molecular flexibility index (Phi) is 21.8. The van der Waals surface area contributed by atoms with E-state index in [-0.39, 0.29) is 31.7 Å². The van der Waals surface area contributed by atoms with Gasteiger partial charge in [0.1, 0.15) is 29.3 Å². The number of nitrogens with two attached hydrogens (primary N) is 5. The number of halogens is 1. The van der Waals surface area contributed by atoms with Crippen molar-refractivity contribution in [1.29, 1.82) is 0 Å². The van der Waals surface area contributed by atoms with E-state index in [0.717, 1.165) is 10.9 Å². The molecule has 0 heterocycles. The van der Waals surface area contributed by atoms with Gasteiger partial charge in [-0.1, -0.05) is 208 Å². The summed E-state index contributed by atoms with van der Waals surface area (Å²) in [5.41, 5.74) is 31.9. The maximum Gasteiger partial charge on any atom is 0.454 e. The molecule has 12 N–H and O–H groups in total. The van der Waals surface area contributed by atoms with E-state index in [9.17, 15) is 14.7 Å². The number of amides is 1. The van der Waals surface area contributed by atoms with Gasteiger partial charge in [0, 0.05) is 25.2 Å². The molecule has 7 atom stereocenters. The molecule has 0 saturated heterocycles. The van der Waals surface area contributed by atoms with E-state index in [1.807, 2.05) is 48.5 Å². The number of primary amides is 1. The van der Waals surface area contributed by atoms with E-state index in [1.165, 1.54) is 0 Å². The summed E-state index contributed by atoms with van der Waals surface area (Å²) in [6.45, 7) is 1.65. The van der Waals surface area contributed by atoms with E-state index in [1.54, 1.807) is 159 Å². The summed E-state index contributed by atoms with van der Waals surface area (Å²) in [7, 11) is 0. The van der Waals surface area contributed by atoms with Crippen LogP contribution in [-0.2, 0) is 84.8 Å². The van der Waals surface area contributed by atoms with Crippen molar-refractivity contribution in [3.63, 3.8) is 0 Å². The molecule has 0 aliphatic rings. The first-order valence-corrected chi connectivity index (χ1v) is 26.3. The number of hydrogen-bond acceptors (Lipinski definition) is 17. The van der Waals surface area contributed by atoms with Crippen LogP contribution < -0.4 is 34.1 Å². The summed E-state index contributed by atoms with van der Waals surface area (Å²) in [6.07, 6.45) is -1.90. The quantitative estimate of drug-likeness (QED) is 0.0140. The number of aliphatic hydroxyl groups excluding tert-OH is 1. The Labute approximate surface area is 481 Å². The number of hydroxylamine groups is 1. The zero-order valence-electron chi connectivity index (χ0n) is 45.5. The van der Waals surface area contributed by atoms with Crippen LogP contribution in [0.5, 0.6) is 0 Å². The first-order chi connectivity index (χ1) is 38.8. The van der Waals surface area contributed by atoms with Crippen molar-refractivity contribution < 1.29 is 57.7 Å². The highest BCUT2D eigenvalue weighted by atomic mass is 35.5. The predicted molar refractivity (Wildman–Crippen MR) is 309 cm³/mol. The van der Waals surface area contributed by atoms with Crippen molar-refractivity contribution in [1.82, 2.24) is 5.48 Å². The summed E-state index contributed by atoms with van der Waals surface area (Å²) in [4.78, 5) is 95.1. The molecule has 0 aliphatic carbocycles. The lowest BCUT2D eigenvalue weighted by molar-refractivity contribution is -0.349. The van der Waals surface area contributed by atoms with Crippen molar-refractivity contribution in [2.75, 3.05) is 6.61 Å². The van der Waals surface area contributed by atoms with Crippen LogP contribution in [0.25, 0.3) is 10.8 Å². The summed E-state index contributed by atoms with van der Waals surface area (Å²) in [6, 6.07) is 50.7.